The summed E-state index contributed by atoms with van der Waals surface area (Å²) in [6.45, 7) is 4.90. The standard InChI is InChI=1S/C23H28N2O4/c1-16(18-7-5-4-6-8-18)24-23(27)19-9-10-21(28-3)22(15-19)29-20-11-13-25(14-12-20)17(2)26/h4-10,15-16,20H,11-14H2,1-3H3,(H,24,27). The van der Waals surface area contributed by atoms with E-state index in [0.29, 0.717) is 30.2 Å². The largest absolute Gasteiger partial charge is 0.493 e. The summed E-state index contributed by atoms with van der Waals surface area (Å²) in [5.74, 6) is 1.06. The Morgan fingerprint density at radius 3 is 2.38 bits per heavy atom. The zero-order valence-electron chi connectivity index (χ0n) is 17.2. The van der Waals surface area contributed by atoms with E-state index in [0.717, 1.165) is 18.4 Å². The number of amides is 2. The van der Waals surface area contributed by atoms with Crippen LogP contribution in [0.5, 0.6) is 11.5 Å². The third-order valence-electron chi connectivity index (χ3n) is 5.25. The molecule has 0 saturated carbocycles. The van der Waals surface area contributed by atoms with E-state index in [1.165, 1.54) is 0 Å². The SMILES string of the molecule is COc1ccc(C(=O)NC(C)c2ccccc2)cc1OC1CCN(C(C)=O)CC1. The van der Waals surface area contributed by atoms with Crippen molar-refractivity contribution < 1.29 is 19.1 Å². The molecule has 0 spiro atoms. The summed E-state index contributed by atoms with van der Waals surface area (Å²) in [5, 5.41) is 3.02. The van der Waals surface area contributed by atoms with Crippen molar-refractivity contribution in [2.75, 3.05) is 20.2 Å². The Bertz CT molecular complexity index is 845. The summed E-state index contributed by atoms with van der Waals surface area (Å²) < 4.78 is 11.6. The van der Waals surface area contributed by atoms with Gasteiger partial charge in [-0.15, -0.1) is 0 Å². The van der Waals surface area contributed by atoms with E-state index in [1.807, 2.05) is 42.2 Å². The number of piperidine rings is 1. The van der Waals surface area contributed by atoms with Crippen LogP contribution in [-0.2, 0) is 4.79 Å². The number of carbonyl (C=O) groups is 2. The molecule has 0 radical (unpaired) electrons. The Morgan fingerprint density at radius 1 is 1.07 bits per heavy atom. The maximum atomic E-state index is 12.7. The van der Waals surface area contributed by atoms with Gasteiger partial charge in [-0.05, 0) is 30.7 Å². The van der Waals surface area contributed by atoms with Gasteiger partial charge in [-0.1, -0.05) is 30.3 Å². The van der Waals surface area contributed by atoms with Gasteiger partial charge in [0, 0.05) is 38.4 Å². The van der Waals surface area contributed by atoms with E-state index >= 15 is 0 Å². The number of nitrogens with one attached hydrogen (secondary N) is 1. The molecular weight excluding hydrogens is 368 g/mol. The lowest BCUT2D eigenvalue weighted by atomic mass is 10.1. The fraction of sp³-hybridized carbons (Fsp3) is 0.391. The van der Waals surface area contributed by atoms with Gasteiger partial charge in [0.25, 0.3) is 5.91 Å². The monoisotopic (exact) mass is 396 g/mol. The first kappa shape index (κ1) is 20.7. The van der Waals surface area contributed by atoms with Crippen LogP contribution in [0.15, 0.2) is 48.5 Å². The molecule has 1 aliphatic heterocycles. The average Bonchev–Trinajstić information content (AvgIpc) is 2.74. The number of rotatable bonds is 6. The van der Waals surface area contributed by atoms with Crippen LogP contribution in [0.25, 0.3) is 0 Å². The topological polar surface area (TPSA) is 67.9 Å². The van der Waals surface area contributed by atoms with Gasteiger partial charge in [0.05, 0.1) is 13.2 Å². The molecule has 154 valence electrons. The molecule has 1 heterocycles. The predicted molar refractivity (Wildman–Crippen MR) is 111 cm³/mol. The van der Waals surface area contributed by atoms with Crippen molar-refractivity contribution in [3.05, 3.63) is 59.7 Å². The summed E-state index contributed by atoms with van der Waals surface area (Å²) in [7, 11) is 1.58. The molecule has 2 aromatic carbocycles. The Balaban J connectivity index is 1.68. The van der Waals surface area contributed by atoms with Crippen LogP contribution >= 0.6 is 0 Å². The van der Waals surface area contributed by atoms with Gasteiger partial charge in [-0.2, -0.15) is 0 Å². The lowest BCUT2D eigenvalue weighted by Gasteiger charge is -2.31. The highest BCUT2D eigenvalue weighted by Crippen LogP contribution is 2.31. The first-order valence-electron chi connectivity index (χ1n) is 9.94. The minimum atomic E-state index is -0.166. The smallest absolute Gasteiger partial charge is 0.251 e. The molecular formula is C23H28N2O4. The molecule has 1 unspecified atom stereocenters. The first-order valence-corrected chi connectivity index (χ1v) is 9.94. The van der Waals surface area contributed by atoms with Crippen LogP contribution in [0.1, 0.15) is 48.7 Å². The van der Waals surface area contributed by atoms with Crippen LogP contribution in [0, 0.1) is 0 Å². The Morgan fingerprint density at radius 2 is 1.76 bits per heavy atom. The molecule has 6 heteroatoms. The third kappa shape index (κ3) is 5.28. The van der Waals surface area contributed by atoms with E-state index < -0.39 is 0 Å². The molecule has 0 aliphatic carbocycles. The van der Waals surface area contributed by atoms with Gasteiger partial charge in [-0.25, -0.2) is 0 Å². The van der Waals surface area contributed by atoms with Gasteiger partial charge in [0.2, 0.25) is 5.91 Å². The number of likely N-dealkylation sites (tertiary alicyclic amines) is 1. The summed E-state index contributed by atoms with van der Waals surface area (Å²) in [6.07, 6.45) is 1.50. The van der Waals surface area contributed by atoms with Crippen LogP contribution in [0.2, 0.25) is 0 Å². The molecule has 1 saturated heterocycles. The highest BCUT2D eigenvalue weighted by Gasteiger charge is 2.23. The van der Waals surface area contributed by atoms with Gasteiger partial charge < -0.3 is 19.7 Å². The minimum absolute atomic E-state index is 0.0129. The van der Waals surface area contributed by atoms with Crippen molar-refractivity contribution in [2.45, 2.75) is 38.8 Å². The number of hydrogen-bond acceptors (Lipinski definition) is 4. The van der Waals surface area contributed by atoms with Crippen molar-refractivity contribution in [2.24, 2.45) is 0 Å². The molecule has 1 atom stereocenters. The zero-order chi connectivity index (χ0) is 20.8. The van der Waals surface area contributed by atoms with Crippen molar-refractivity contribution in [3.63, 3.8) is 0 Å². The quantitative estimate of drug-likeness (QED) is 0.810. The molecule has 0 aromatic heterocycles. The van der Waals surface area contributed by atoms with E-state index in [9.17, 15) is 9.59 Å². The van der Waals surface area contributed by atoms with Gasteiger partial charge in [-0.3, -0.25) is 9.59 Å². The molecule has 3 rings (SSSR count). The van der Waals surface area contributed by atoms with E-state index in [1.54, 1.807) is 32.2 Å². The molecule has 1 aliphatic rings. The number of benzene rings is 2. The fourth-order valence-electron chi connectivity index (χ4n) is 3.48. The lowest BCUT2D eigenvalue weighted by Crippen LogP contribution is -2.40. The second-order valence-electron chi connectivity index (χ2n) is 7.29. The molecule has 1 fully saturated rings. The summed E-state index contributed by atoms with van der Waals surface area (Å²) >= 11 is 0. The van der Waals surface area contributed by atoms with Crippen LogP contribution in [-0.4, -0.2) is 43.0 Å². The van der Waals surface area contributed by atoms with Gasteiger partial charge in [0.1, 0.15) is 6.10 Å². The Labute approximate surface area is 171 Å². The summed E-state index contributed by atoms with van der Waals surface area (Å²) in [4.78, 5) is 26.1. The fourth-order valence-corrected chi connectivity index (χ4v) is 3.48. The maximum Gasteiger partial charge on any atom is 0.251 e. The highest BCUT2D eigenvalue weighted by molar-refractivity contribution is 5.95. The maximum absolute atomic E-state index is 12.7. The van der Waals surface area contributed by atoms with Crippen molar-refractivity contribution >= 4 is 11.8 Å². The Hall–Kier alpha value is -3.02. The minimum Gasteiger partial charge on any atom is -0.493 e. The van der Waals surface area contributed by atoms with Crippen LogP contribution in [0.3, 0.4) is 0 Å². The number of carbonyl (C=O) groups excluding carboxylic acids is 2. The molecule has 2 aromatic rings. The van der Waals surface area contributed by atoms with Gasteiger partial charge in [0.15, 0.2) is 11.5 Å². The Kier molecular flexibility index (Phi) is 6.75. The predicted octanol–water partition coefficient (Wildman–Crippen LogP) is 3.58. The average molecular weight is 396 g/mol. The highest BCUT2D eigenvalue weighted by atomic mass is 16.5. The number of hydrogen-bond donors (Lipinski definition) is 1. The molecule has 2 amide bonds. The lowest BCUT2D eigenvalue weighted by molar-refractivity contribution is -0.130. The summed E-state index contributed by atoms with van der Waals surface area (Å²) in [5.41, 5.74) is 1.56. The zero-order valence-corrected chi connectivity index (χ0v) is 17.2. The normalized spacial score (nSPS) is 15.5. The molecule has 6 nitrogen and oxygen atoms in total. The van der Waals surface area contributed by atoms with E-state index in [-0.39, 0.29) is 24.0 Å². The van der Waals surface area contributed by atoms with Crippen LogP contribution < -0.4 is 14.8 Å². The molecule has 29 heavy (non-hydrogen) atoms. The third-order valence-corrected chi connectivity index (χ3v) is 5.25. The van der Waals surface area contributed by atoms with Crippen molar-refractivity contribution in [3.8, 4) is 11.5 Å². The molecule has 1 N–H and O–H groups in total. The second kappa shape index (κ2) is 9.45. The summed E-state index contributed by atoms with van der Waals surface area (Å²) in [6, 6.07) is 14.9. The van der Waals surface area contributed by atoms with Crippen molar-refractivity contribution in [1.82, 2.24) is 10.2 Å². The van der Waals surface area contributed by atoms with Gasteiger partial charge >= 0.3 is 0 Å². The molecule has 0 bridgehead atoms. The second-order valence-corrected chi connectivity index (χ2v) is 7.29. The number of methoxy groups -OCH3 is 1. The first-order chi connectivity index (χ1) is 14.0. The van der Waals surface area contributed by atoms with E-state index in [2.05, 4.69) is 5.32 Å². The number of ether oxygens (including phenoxy) is 2. The van der Waals surface area contributed by atoms with Crippen molar-refractivity contribution in [1.29, 1.82) is 0 Å². The van der Waals surface area contributed by atoms with E-state index in [4.69, 9.17) is 9.47 Å². The number of nitrogens with zero attached hydrogens (tertiary/aromatic N) is 1. The van der Waals surface area contributed by atoms with Crippen LogP contribution in [0.4, 0.5) is 0 Å².